The Morgan fingerprint density at radius 3 is 3.10 bits per heavy atom. The molecule has 0 amide bonds. The monoisotopic (exact) mass is 300 g/mol. The van der Waals surface area contributed by atoms with E-state index in [-0.39, 0.29) is 0 Å². The molecule has 21 heavy (non-hydrogen) atoms. The van der Waals surface area contributed by atoms with Crippen LogP contribution in [0.2, 0.25) is 0 Å². The van der Waals surface area contributed by atoms with Crippen molar-refractivity contribution in [1.29, 1.82) is 0 Å². The van der Waals surface area contributed by atoms with Crippen LogP contribution in [0.3, 0.4) is 0 Å². The number of rotatable bonds is 6. The molecule has 0 atom stereocenters. The van der Waals surface area contributed by atoms with E-state index in [1.165, 1.54) is 4.88 Å². The fourth-order valence-electron chi connectivity index (χ4n) is 2.05. The zero-order valence-electron chi connectivity index (χ0n) is 11.7. The molecular weight excluding hydrogens is 284 g/mol. The Balaban J connectivity index is 1.76. The molecule has 0 aromatic carbocycles. The first kappa shape index (κ1) is 13.6. The highest BCUT2D eigenvalue weighted by Gasteiger charge is 2.10. The van der Waals surface area contributed by atoms with Gasteiger partial charge in [-0.3, -0.25) is 5.10 Å². The lowest BCUT2D eigenvalue weighted by atomic mass is 10.2. The maximum atomic E-state index is 5.51. The molecule has 0 spiro atoms. The minimum absolute atomic E-state index is 0.595. The van der Waals surface area contributed by atoms with Crippen molar-refractivity contribution in [2.45, 2.75) is 13.5 Å². The van der Waals surface area contributed by atoms with Crippen molar-refractivity contribution in [1.82, 2.24) is 15.2 Å². The maximum absolute atomic E-state index is 5.51. The van der Waals surface area contributed by atoms with Crippen molar-refractivity contribution in [2.24, 2.45) is 0 Å². The number of H-pyrrole nitrogens is 1. The normalized spacial score (nSPS) is 10.5. The number of nitrogens with one attached hydrogen (secondary N) is 2. The number of hydrogen-bond acceptors (Lipinski definition) is 5. The van der Waals surface area contributed by atoms with Gasteiger partial charge in [0.25, 0.3) is 0 Å². The third-order valence-electron chi connectivity index (χ3n) is 3.01. The summed E-state index contributed by atoms with van der Waals surface area (Å²) in [6.07, 6.45) is 3.57. The van der Waals surface area contributed by atoms with Crippen molar-refractivity contribution in [3.63, 3.8) is 0 Å². The Labute approximate surface area is 127 Å². The van der Waals surface area contributed by atoms with Gasteiger partial charge in [-0.1, -0.05) is 6.07 Å². The number of anilines is 1. The number of pyridine rings is 1. The molecule has 3 heterocycles. The van der Waals surface area contributed by atoms with Crippen LogP contribution in [0.5, 0.6) is 5.88 Å². The largest absolute Gasteiger partial charge is 0.476 e. The van der Waals surface area contributed by atoms with Gasteiger partial charge < -0.3 is 10.1 Å². The van der Waals surface area contributed by atoms with Crippen molar-refractivity contribution in [3.8, 4) is 16.5 Å². The summed E-state index contributed by atoms with van der Waals surface area (Å²) in [7, 11) is 0. The lowest BCUT2D eigenvalue weighted by molar-refractivity contribution is 0.328. The minimum Gasteiger partial charge on any atom is -0.476 e. The standard InChI is InChI=1S/C15H16N4OS/c1-2-20-15-12(5-3-7-16-15)17-9-11-10-18-19-14(11)13-6-4-8-21-13/h3-8,10,17H,2,9H2,1H3,(H,18,19). The average Bonchev–Trinajstić information content (AvgIpc) is 3.17. The Morgan fingerprint density at radius 1 is 1.33 bits per heavy atom. The summed E-state index contributed by atoms with van der Waals surface area (Å²) in [5, 5.41) is 12.6. The van der Waals surface area contributed by atoms with Gasteiger partial charge in [0.2, 0.25) is 5.88 Å². The summed E-state index contributed by atoms with van der Waals surface area (Å²) < 4.78 is 5.51. The lowest BCUT2D eigenvalue weighted by Crippen LogP contribution is -2.04. The van der Waals surface area contributed by atoms with E-state index in [0.29, 0.717) is 19.0 Å². The van der Waals surface area contributed by atoms with Gasteiger partial charge in [-0.15, -0.1) is 11.3 Å². The topological polar surface area (TPSA) is 62.8 Å². The van der Waals surface area contributed by atoms with Crippen LogP contribution in [0.15, 0.2) is 42.0 Å². The van der Waals surface area contributed by atoms with Gasteiger partial charge in [0.15, 0.2) is 0 Å². The summed E-state index contributed by atoms with van der Waals surface area (Å²) in [6, 6.07) is 7.97. The van der Waals surface area contributed by atoms with Gasteiger partial charge in [0.05, 0.1) is 29.1 Å². The van der Waals surface area contributed by atoms with Gasteiger partial charge in [-0.25, -0.2) is 4.98 Å². The second kappa shape index (κ2) is 6.41. The predicted octanol–water partition coefficient (Wildman–Crippen LogP) is 3.54. The first-order valence-corrected chi connectivity index (χ1v) is 7.64. The van der Waals surface area contributed by atoms with E-state index in [9.17, 15) is 0 Å². The number of nitrogens with zero attached hydrogens (tertiary/aromatic N) is 2. The van der Waals surface area contributed by atoms with E-state index in [0.717, 1.165) is 16.9 Å². The highest BCUT2D eigenvalue weighted by Crippen LogP contribution is 2.27. The Kier molecular flexibility index (Phi) is 4.16. The van der Waals surface area contributed by atoms with Gasteiger partial charge in [-0.05, 0) is 30.5 Å². The summed E-state index contributed by atoms with van der Waals surface area (Å²) in [5.74, 6) is 0.626. The quantitative estimate of drug-likeness (QED) is 0.731. The van der Waals surface area contributed by atoms with Crippen LogP contribution >= 0.6 is 11.3 Å². The maximum Gasteiger partial charge on any atom is 0.237 e. The van der Waals surface area contributed by atoms with E-state index in [1.54, 1.807) is 17.5 Å². The SMILES string of the molecule is CCOc1ncccc1NCc1cn[nH]c1-c1cccs1. The lowest BCUT2D eigenvalue weighted by Gasteiger charge is -2.10. The number of aromatic nitrogens is 3. The summed E-state index contributed by atoms with van der Waals surface area (Å²) in [4.78, 5) is 5.42. The molecular formula is C15H16N4OS. The first-order valence-electron chi connectivity index (χ1n) is 6.76. The molecule has 0 aliphatic rings. The predicted molar refractivity (Wildman–Crippen MR) is 84.6 cm³/mol. The smallest absolute Gasteiger partial charge is 0.237 e. The van der Waals surface area contributed by atoms with Gasteiger partial charge in [0.1, 0.15) is 0 Å². The molecule has 108 valence electrons. The highest BCUT2D eigenvalue weighted by atomic mass is 32.1. The van der Waals surface area contributed by atoms with E-state index in [2.05, 4.69) is 31.9 Å². The molecule has 2 N–H and O–H groups in total. The summed E-state index contributed by atoms with van der Waals surface area (Å²) in [6.45, 7) is 3.21. The van der Waals surface area contributed by atoms with Gasteiger partial charge >= 0.3 is 0 Å². The molecule has 0 fully saturated rings. The molecule has 3 aromatic heterocycles. The second-order valence-corrected chi connectivity index (χ2v) is 5.34. The Hall–Kier alpha value is -2.34. The number of ether oxygens (including phenoxy) is 1. The molecule has 0 saturated carbocycles. The third kappa shape index (κ3) is 3.05. The van der Waals surface area contributed by atoms with E-state index in [4.69, 9.17) is 4.74 Å². The molecule has 5 nitrogen and oxygen atoms in total. The fraction of sp³-hybridized carbons (Fsp3) is 0.200. The molecule has 0 unspecified atom stereocenters. The van der Waals surface area contributed by atoms with Crippen molar-refractivity contribution < 1.29 is 4.74 Å². The average molecular weight is 300 g/mol. The van der Waals surface area contributed by atoms with Crippen LogP contribution in [0.4, 0.5) is 5.69 Å². The molecule has 6 heteroatoms. The second-order valence-electron chi connectivity index (χ2n) is 4.39. The minimum atomic E-state index is 0.595. The van der Waals surface area contributed by atoms with Crippen LogP contribution in [-0.4, -0.2) is 21.8 Å². The number of aromatic amines is 1. The zero-order valence-corrected chi connectivity index (χ0v) is 12.5. The molecule has 0 aliphatic carbocycles. The van der Waals surface area contributed by atoms with Gasteiger partial charge in [0, 0.05) is 18.3 Å². The van der Waals surface area contributed by atoms with Crippen LogP contribution in [0.25, 0.3) is 10.6 Å². The molecule has 0 bridgehead atoms. The van der Waals surface area contributed by atoms with Gasteiger partial charge in [-0.2, -0.15) is 5.10 Å². The number of hydrogen-bond donors (Lipinski definition) is 2. The third-order valence-corrected chi connectivity index (χ3v) is 3.89. The molecule has 3 rings (SSSR count). The van der Waals surface area contributed by atoms with Crippen LogP contribution in [0.1, 0.15) is 12.5 Å². The van der Waals surface area contributed by atoms with Crippen LogP contribution < -0.4 is 10.1 Å². The highest BCUT2D eigenvalue weighted by molar-refractivity contribution is 7.13. The summed E-state index contributed by atoms with van der Waals surface area (Å²) >= 11 is 1.69. The van der Waals surface area contributed by atoms with E-state index in [1.807, 2.05) is 31.3 Å². The van der Waals surface area contributed by atoms with Crippen molar-refractivity contribution >= 4 is 17.0 Å². The molecule has 0 aliphatic heterocycles. The Morgan fingerprint density at radius 2 is 2.29 bits per heavy atom. The van der Waals surface area contributed by atoms with E-state index >= 15 is 0 Å². The summed E-state index contributed by atoms with van der Waals surface area (Å²) in [5.41, 5.74) is 3.06. The van der Waals surface area contributed by atoms with E-state index < -0.39 is 0 Å². The first-order chi connectivity index (χ1) is 10.4. The van der Waals surface area contributed by atoms with Crippen molar-refractivity contribution in [2.75, 3.05) is 11.9 Å². The zero-order chi connectivity index (χ0) is 14.5. The number of thiophene rings is 1. The Bertz CT molecular complexity index is 693. The molecule has 0 radical (unpaired) electrons. The molecule has 0 saturated heterocycles. The molecule has 3 aromatic rings. The van der Waals surface area contributed by atoms with Crippen LogP contribution in [-0.2, 0) is 6.54 Å². The van der Waals surface area contributed by atoms with Crippen LogP contribution in [0, 0.1) is 0 Å². The van der Waals surface area contributed by atoms with Crippen molar-refractivity contribution in [3.05, 3.63) is 47.6 Å². The fourth-order valence-corrected chi connectivity index (χ4v) is 2.80.